The lowest BCUT2D eigenvalue weighted by Crippen LogP contribution is -2.37. The molecule has 17 heavy (non-hydrogen) atoms. The first kappa shape index (κ1) is 14.1. The van der Waals surface area contributed by atoms with Gasteiger partial charge in [-0.05, 0) is 40.2 Å². The molecule has 5 heteroatoms. The van der Waals surface area contributed by atoms with E-state index in [9.17, 15) is 0 Å². The van der Waals surface area contributed by atoms with Gasteiger partial charge in [-0.25, -0.2) is 4.98 Å². The molecule has 1 heterocycles. The van der Waals surface area contributed by atoms with Crippen molar-refractivity contribution in [2.45, 2.75) is 43.9 Å². The van der Waals surface area contributed by atoms with Gasteiger partial charge >= 0.3 is 0 Å². The summed E-state index contributed by atoms with van der Waals surface area (Å²) in [7, 11) is 1.83. The summed E-state index contributed by atoms with van der Waals surface area (Å²) in [6.07, 6.45) is 4.61. The van der Waals surface area contributed by atoms with Crippen LogP contribution < -0.4 is 5.32 Å². The molecule has 0 aliphatic carbocycles. The number of nitriles is 1. The van der Waals surface area contributed by atoms with E-state index in [4.69, 9.17) is 9.68 Å². The van der Waals surface area contributed by atoms with Crippen molar-refractivity contribution in [1.29, 1.82) is 5.26 Å². The number of oxazole rings is 1. The van der Waals surface area contributed by atoms with Gasteiger partial charge in [0.25, 0.3) is 5.22 Å². The highest BCUT2D eigenvalue weighted by Gasteiger charge is 2.19. The van der Waals surface area contributed by atoms with E-state index in [2.05, 4.69) is 16.4 Å². The van der Waals surface area contributed by atoms with Crippen molar-refractivity contribution in [2.24, 2.45) is 0 Å². The zero-order valence-electron chi connectivity index (χ0n) is 10.6. The largest absolute Gasteiger partial charge is 0.440 e. The van der Waals surface area contributed by atoms with Crippen molar-refractivity contribution in [3.05, 3.63) is 12.0 Å². The van der Waals surface area contributed by atoms with Crippen LogP contribution in [0.4, 0.5) is 0 Å². The smallest absolute Gasteiger partial charge is 0.255 e. The van der Waals surface area contributed by atoms with Crippen LogP contribution in [-0.2, 0) is 0 Å². The van der Waals surface area contributed by atoms with Crippen LogP contribution in [0.2, 0.25) is 0 Å². The molecule has 0 saturated heterocycles. The number of hydrogen-bond acceptors (Lipinski definition) is 5. The predicted octanol–water partition coefficient (Wildman–Crippen LogP) is 2.75. The molecule has 0 aliphatic heterocycles. The van der Waals surface area contributed by atoms with E-state index in [1.165, 1.54) is 0 Å². The second kappa shape index (κ2) is 6.67. The van der Waals surface area contributed by atoms with Gasteiger partial charge < -0.3 is 9.73 Å². The van der Waals surface area contributed by atoms with E-state index in [0.717, 1.165) is 35.9 Å². The van der Waals surface area contributed by atoms with Crippen molar-refractivity contribution >= 4 is 11.8 Å². The summed E-state index contributed by atoms with van der Waals surface area (Å²) in [5, 5.41) is 12.8. The first-order valence-electron chi connectivity index (χ1n) is 5.75. The molecular formula is C12H19N3OS. The lowest BCUT2D eigenvalue weighted by atomic mass is 9.97. The van der Waals surface area contributed by atoms with Crippen LogP contribution >= 0.6 is 11.8 Å². The number of rotatable bonds is 7. The summed E-state index contributed by atoms with van der Waals surface area (Å²) < 4.78 is 5.24. The van der Waals surface area contributed by atoms with Crippen LogP contribution in [0.3, 0.4) is 0 Å². The molecule has 1 aromatic heterocycles. The molecule has 1 rings (SSSR count). The number of thioether (sulfide) groups is 1. The number of nitrogens with zero attached hydrogens (tertiary/aromatic N) is 2. The second-order valence-electron chi connectivity index (χ2n) is 4.25. The number of unbranched alkanes of at least 4 members (excludes halogenated alkanes) is 1. The van der Waals surface area contributed by atoms with E-state index in [1.807, 2.05) is 20.9 Å². The minimum atomic E-state index is -0.399. The number of nitrogens with one attached hydrogen (secondary N) is 1. The topological polar surface area (TPSA) is 61.9 Å². The number of aryl methyl sites for hydroxylation is 1. The molecule has 0 bridgehead atoms. The zero-order valence-corrected chi connectivity index (χ0v) is 11.4. The standard InChI is InChI=1S/C12H19N3OS/c1-10-8-16-11(15-10)17-7-5-4-6-12(2,9-13)14-3/h8,14H,4-7H2,1-3H3. The summed E-state index contributed by atoms with van der Waals surface area (Å²) >= 11 is 1.63. The predicted molar refractivity (Wildman–Crippen MR) is 68.9 cm³/mol. The normalized spacial score (nSPS) is 14.2. The van der Waals surface area contributed by atoms with Crippen LogP contribution in [0.1, 0.15) is 31.9 Å². The first-order valence-corrected chi connectivity index (χ1v) is 6.73. The average molecular weight is 253 g/mol. The van der Waals surface area contributed by atoms with Crippen molar-refractivity contribution in [3.8, 4) is 6.07 Å². The Morgan fingerprint density at radius 3 is 2.88 bits per heavy atom. The monoisotopic (exact) mass is 253 g/mol. The van der Waals surface area contributed by atoms with E-state index >= 15 is 0 Å². The molecule has 1 aromatic rings. The number of aromatic nitrogens is 1. The molecular weight excluding hydrogens is 234 g/mol. The van der Waals surface area contributed by atoms with Crippen LogP contribution in [-0.4, -0.2) is 23.3 Å². The molecule has 0 amide bonds. The molecule has 0 fully saturated rings. The van der Waals surface area contributed by atoms with Gasteiger partial charge in [0.2, 0.25) is 0 Å². The maximum absolute atomic E-state index is 8.98. The molecule has 4 nitrogen and oxygen atoms in total. The molecule has 0 aromatic carbocycles. The Balaban J connectivity index is 2.15. The fraction of sp³-hybridized carbons (Fsp3) is 0.667. The first-order chi connectivity index (χ1) is 8.09. The SMILES string of the molecule is CNC(C)(C#N)CCCCSc1nc(C)co1. The van der Waals surface area contributed by atoms with Gasteiger partial charge in [0, 0.05) is 5.75 Å². The third kappa shape index (κ3) is 4.80. The Morgan fingerprint density at radius 1 is 1.59 bits per heavy atom. The summed E-state index contributed by atoms with van der Waals surface area (Å²) in [6.45, 7) is 3.84. The highest BCUT2D eigenvalue weighted by atomic mass is 32.2. The molecule has 1 unspecified atom stereocenters. The van der Waals surface area contributed by atoms with Crippen LogP contribution in [0.5, 0.6) is 0 Å². The van der Waals surface area contributed by atoms with E-state index in [0.29, 0.717) is 0 Å². The van der Waals surface area contributed by atoms with Crippen LogP contribution in [0, 0.1) is 18.3 Å². The van der Waals surface area contributed by atoms with Gasteiger partial charge in [0.05, 0.1) is 11.8 Å². The van der Waals surface area contributed by atoms with E-state index < -0.39 is 5.54 Å². The van der Waals surface area contributed by atoms with E-state index in [-0.39, 0.29) is 0 Å². The minimum absolute atomic E-state index is 0.399. The molecule has 0 spiro atoms. The van der Waals surface area contributed by atoms with Gasteiger partial charge in [-0.15, -0.1) is 0 Å². The van der Waals surface area contributed by atoms with Crippen molar-refractivity contribution in [1.82, 2.24) is 10.3 Å². The molecule has 0 radical (unpaired) electrons. The Bertz CT molecular complexity index is 385. The van der Waals surface area contributed by atoms with Crippen molar-refractivity contribution < 1.29 is 4.42 Å². The Hall–Kier alpha value is -0.990. The van der Waals surface area contributed by atoms with Gasteiger partial charge in [0.15, 0.2) is 0 Å². The lowest BCUT2D eigenvalue weighted by molar-refractivity contribution is 0.437. The minimum Gasteiger partial charge on any atom is -0.440 e. The number of hydrogen-bond donors (Lipinski definition) is 1. The van der Waals surface area contributed by atoms with Gasteiger partial charge in [-0.3, -0.25) is 0 Å². The summed E-state index contributed by atoms with van der Waals surface area (Å²) in [5.41, 5.74) is 0.518. The Morgan fingerprint density at radius 2 is 2.35 bits per heavy atom. The van der Waals surface area contributed by atoms with Gasteiger partial charge in [-0.2, -0.15) is 5.26 Å². The molecule has 0 aliphatic rings. The highest BCUT2D eigenvalue weighted by Crippen LogP contribution is 2.20. The maximum Gasteiger partial charge on any atom is 0.255 e. The summed E-state index contributed by atoms with van der Waals surface area (Å²) in [6, 6.07) is 2.29. The third-order valence-electron chi connectivity index (χ3n) is 2.69. The molecule has 1 atom stereocenters. The van der Waals surface area contributed by atoms with Crippen LogP contribution in [0.25, 0.3) is 0 Å². The summed E-state index contributed by atoms with van der Waals surface area (Å²) in [5.74, 6) is 0.977. The Labute approximate surface area is 107 Å². The fourth-order valence-corrected chi connectivity index (χ4v) is 2.22. The molecule has 1 N–H and O–H groups in total. The Kier molecular flexibility index (Phi) is 5.52. The quantitative estimate of drug-likeness (QED) is 0.598. The molecule has 0 saturated carbocycles. The van der Waals surface area contributed by atoms with Gasteiger partial charge in [0.1, 0.15) is 11.8 Å². The fourth-order valence-electron chi connectivity index (χ4n) is 1.38. The lowest BCUT2D eigenvalue weighted by Gasteiger charge is -2.19. The van der Waals surface area contributed by atoms with Crippen molar-refractivity contribution in [2.75, 3.05) is 12.8 Å². The maximum atomic E-state index is 8.98. The van der Waals surface area contributed by atoms with Crippen LogP contribution in [0.15, 0.2) is 15.9 Å². The molecule has 94 valence electrons. The second-order valence-corrected chi connectivity index (χ2v) is 5.30. The highest BCUT2D eigenvalue weighted by molar-refractivity contribution is 7.99. The average Bonchev–Trinajstić information content (AvgIpc) is 2.74. The third-order valence-corrected chi connectivity index (χ3v) is 3.62. The zero-order chi connectivity index (χ0) is 12.7. The van der Waals surface area contributed by atoms with Crippen molar-refractivity contribution in [3.63, 3.8) is 0 Å². The van der Waals surface area contributed by atoms with Gasteiger partial charge in [-0.1, -0.05) is 11.8 Å². The summed E-state index contributed by atoms with van der Waals surface area (Å²) in [4.78, 5) is 4.22. The van der Waals surface area contributed by atoms with E-state index in [1.54, 1.807) is 18.0 Å².